The van der Waals surface area contributed by atoms with E-state index in [4.69, 9.17) is 4.74 Å². The summed E-state index contributed by atoms with van der Waals surface area (Å²) in [5.41, 5.74) is 1.39. The highest BCUT2D eigenvalue weighted by molar-refractivity contribution is 5.27. The van der Waals surface area contributed by atoms with Gasteiger partial charge >= 0.3 is 0 Å². The SMILES string of the molecule is COc1ccc(CCN(C)C2CCN(C(C)C)CC2)cc1. The third-order valence-corrected chi connectivity index (χ3v) is 4.76. The number of hydrogen-bond acceptors (Lipinski definition) is 3. The molecule has 0 spiro atoms. The minimum Gasteiger partial charge on any atom is -0.497 e. The lowest BCUT2D eigenvalue weighted by molar-refractivity contribution is 0.108. The second-order valence-corrected chi connectivity index (χ2v) is 6.44. The fourth-order valence-corrected chi connectivity index (χ4v) is 3.12. The van der Waals surface area contributed by atoms with Crippen LogP contribution in [0.2, 0.25) is 0 Å². The molecular weight excluding hydrogens is 260 g/mol. The highest BCUT2D eigenvalue weighted by atomic mass is 16.5. The van der Waals surface area contributed by atoms with Crippen molar-refractivity contribution >= 4 is 0 Å². The molecule has 3 nitrogen and oxygen atoms in total. The summed E-state index contributed by atoms with van der Waals surface area (Å²) in [5, 5.41) is 0. The van der Waals surface area contributed by atoms with Crippen LogP contribution >= 0.6 is 0 Å². The molecule has 3 heteroatoms. The molecule has 0 unspecified atom stereocenters. The van der Waals surface area contributed by atoms with Crippen molar-refractivity contribution in [1.82, 2.24) is 9.80 Å². The Morgan fingerprint density at radius 1 is 1.19 bits per heavy atom. The van der Waals surface area contributed by atoms with Gasteiger partial charge in [0, 0.05) is 18.6 Å². The summed E-state index contributed by atoms with van der Waals surface area (Å²) in [6, 6.07) is 9.89. The summed E-state index contributed by atoms with van der Waals surface area (Å²) in [5.74, 6) is 0.938. The van der Waals surface area contributed by atoms with Crippen LogP contribution in [-0.4, -0.2) is 55.7 Å². The lowest BCUT2D eigenvalue weighted by atomic mass is 10.0. The summed E-state index contributed by atoms with van der Waals surface area (Å²) in [6.07, 6.45) is 3.72. The van der Waals surface area contributed by atoms with Gasteiger partial charge in [0.05, 0.1) is 7.11 Å². The van der Waals surface area contributed by atoms with Gasteiger partial charge in [-0.05, 0) is 70.9 Å². The smallest absolute Gasteiger partial charge is 0.118 e. The monoisotopic (exact) mass is 290 g/mol. The van der Waals surface area contributed by atoms with Crippen molar-refractivity contribution in [1.29, 1.82) is 0 Å². The van der Waals surface area contributed by atoms with Crippen LogP contribution in [0.3, 0.4) is 0 Å². The molecule has 0 N–H and O–H groups in total. The molecule has 0 aliphatic carbocycles. The summed E-state index contributed by atoms with van der Waals surface area (Å²) < 4.78 is 5.20. The number of likely N-dealkylation sites (N-methyl/N-ethyl adjacent to an activating group) is 1. The Balaban J connectivity index is 1.75. The Morgan fingerprint density at radius 2 is 1.81 bits per heavy atom. The van der Waals surface area contributed by atoms with Gasteiger partial charge in [-0.25, -0.2) is 0 Å². The molecule has 1 aromatic rings. The normalized spacial score (nSPS) is 17.6. The summed E-state index contributed by atoms with van der Waals surface area (Å²) in [6.45, 7) is 8.23. The molecular formula is C18H30N2O. The second-order valence-electron chi connectivity index (χ2n) is 6.44. The first-order valence-corrected chi connectivity index (χ1v) is 8.17. The summed E-state index contributed by atoms with van der Waals surface area (Å²) in [7, 11) is 3.99. The quantitative estimate of drug-likeness (QED) is 0.801. The van der Waals surface area contributed by atoms with Gasteiger partial charge in [0.2, 0.25) is 0 Å². The Morgan fingerprint density at radius 3 is 2.33 bits per heavy atom. The zero-order valence-electron chi connectivity index (χ0n) is 14.0. The molecule has 0 bridgehead atoms. The number of methoxy groups -OCH3 is 1. The molecule has 1 saturated heterocycles. The lowest BCUT2D eigenvalue weighted by Gasteiger charge is -2.38. The van der Waals surface area contributed by atoms with E-state index < -0.39 is 0 Å². The maximum absolute atomic E-state index is 5.20. The van der Waals surface area contributed by atoms with E-state index in [0.29, 0.717) is 6.04 Å². The molecule has 0 atom stereocenters. The largest absolute Gasteiger partial charge is 0.497 e. The highest BCUT2D eigenvalue weighted by Gasteiger charge is 2.23. The molecule has 0 saturated carbocycles. The van der Waals surface area contributed by atoms with E-state index in [1.807, 2.05) is 0 Å². The molecule has 0 aromatic heterocycles. The van der Waals surface area contributed by atoms with Crippen LogP contribution in [0.1, 0.15) is 32.3 Å². The number of piperidine rings is 1. The third kappa shape index (κ3) is 4.72. The van der Waals surface area contributed by atoms with Crippen LogP contribution in [0.4, 0.5) is 0 Å². The van der Waals surface area contributed by atoms with E-state index >= 15 is 0 Å². The number of ether oxygens (including phenoxy) is 1. The Bertz CT molecular complexity index is 408. The summed E-state index contributed by atoms with van der Waals surface area (Å²) >= 11 is 0. The van der Waals surface area contributed by atoms with Gasteiger partial charge in [0.15, 0.2) is 0 Å². The predicted octanol–water partition coefficient (Wildman–Crippen LogP) is 3.04. The number of nitrogens with zero attached hydrogens (tertiary/aromatic N) is 2. The van der Waals surface area contributed by atoms with Crippen molar-refractivity contribution in [2.45, 2.75) is 45.2 Å². The molecule has 1 aromatic carbocycles. The van der Waals surface area contributed by atoms with Crippen molar-refractivity contribution in [3.05, 3.63) is 29.8 Å². The highest BCUT2D eigenvalue weighted by Crippen LogP contribution is 2.18. The first kappa shape index (κ1) is 16.3. The average molecular weight is 290 g/mol. The number of likely N-dealkylation sites (tertiary alicyclic amines) is 1. The van der Waals surface area contributed by atoms with E-state index in [0.717, 1.165) is 24.8 Å². The van der Waals surface area contributed by atoms with Crippen LogP contribution in [0.5, 0.6) is 5.75 Å². The predicted molar refractivity (Wildman–Crippen MR) is 89.1 cm³/mol. The third-order valence-electron chi connectivity index (χ3n) is 4.76. The molecule has 2 rings (SSSR count). The fourth-order valence-electron chi connectivity index (χ4n) is 3.12. The van der Waals surface area contributed by atoms with Gasteiger partial charge in [-0.2, -0.15) is 0 Å². The van der Waals surface area contributed by atoms with Crippen molar-refractivity contribution in [3.63, 3.8) is 0 Å². The lowest BCUT2D eigenvalue weighted by Crippen LogP contribution is -2.46. The first-order chi connectivity index (χ1) is 10.1. The Labute approximate surface area is 129 Å². The molecule has 1 aliphatic heterocycles. The molecule has 1 fully saturated rings. The van der Waals surface area contributed by atoms with E-state index in [1.54, 1.807) is 7.11 Å². The zero-order chi connectivity index (χ0) is 15.2. The van der Waals surface area contributed by atoms with E-state index in [2.05, 4.69) is 55.0 Å². The Hall–Kier alpha value is -1.06. The molecule has 0 radical (unpaired) electrons. The fraction of sp³-hybridized carbons (Fsp3) is 0.667. The van der Waals surface area contributed by atoms with E-state index in [1.165, 1.54) is 31.5 Å². The van der Waals surface area contributed by atoms with Crippen LogP contribution < -0.4 is 4.74 Å². The van der Waals surface area contributed by atoms with Crippen LogP contribution in [0.15, 0.2) is 24.3 Å². The van der Waals surface area contributed by atoms with Gasteiger partial charge in [-0.15, -0.1) is 0 Å². The molecule has 1 heterocycles. The zero-order valence-corrected chi connectivity index (χ0v) is 14.0. The van der Waals surface area contributed by atoms with Crippen molar-refractivity contribution in [3.8, 4) is 5.75 Å². The molecule has 1 aliphatic rings. The number of hydrogen-bond donors (Lipinski definition) is 0. The maximum atomic E-state index is 5.20. The molecule has 21 heavy (non-hydrogen) atoms. The van der Waals surface area contributed by atoms with Crippen LogP contribution in [-0.2, 0) is 6.42 Å². The van der Waals surface area contributed by atoms with Gasteiger partial charge < -0.3 is 14.5 Å². The van der Waals surface area contributed by atoms with Crippen molar-refractivity contribution in [2.75, 3.05) is 33.8 Å². The van der Waals surface area contributed by atoms with Gasteiger partial charge in [0.1, 0.15) is 5.75 Å². The van der Waals surface area contributed by atoms with E-state index in [9.17, 15) is 0 Å². The molecule has 0 amide bonds. The van der Waals surface area contributed by atoms with Crippen molar-refractivity contribution < 1.29 is 4.74 Å². The number of rotatable bonds is 6. The molecule has 118 valence electrons. The number of benzene rings is 1. The second kappa shape index (κ2) is 7.81. The van der Waals surface area contributed by atoms with Gasteiger partial charge in [0.25, 0.3) is 0 Å². The van der Waals surface area contributed by atoms with Crippen molar-refractivity contribution in [2.24, 2.45) is 0 Å². The topological polar surface area (TPSA) is 15.7 Å². The Kier molecular flexibility index (Phi) is 6.07. The van der Waals surface area contributed by atoms with Gasteiger partial charge in [-0.1, -0.05) is 12.1 Å². The van der Waals surface area contributed by atoms with E-state index in [-0.39, 0.29) is 0 Å². The minimum absolute atomic E-state index is 0.690. The van der Waals surface area contributed by atoms with Crippen LogP contribution in [0.25, 0.3) is 0 Å². The van der Waals surface area contributed by atoms with Crippen LogP contribution in [0, 0.1) is 0 Å². The average Bonchev–Trinajstić information content (AvgIpc) is 2.53. The maximum Gasteiger partial charge on any atom is 0.118 e. The minimum atomic E-state index is 0.690. The summed E-state index contributed by atoms with van der Waals surface area (Å²) in [4.78, 5) is 5.13. The first-order valence-electron chi connectivity index (χ1n) is 8.17. The van der Waals surface area contributed by atoms with Gasteiger partial charge in [-0.3, -0.25) is 0 Å². The standard InChI is InChI=1S/C18H30N2O/c1-15(2)20-13-10-17(11-14-20)19(3)12-9-16-5-7-18(21-4)8-6-16/h5-8,15,17H,9-14H2,1-4H3.